The average Bonchev–Trinajstić information content (AvgIpc) is 2.85. The highest BCUT2D eigenvalue weighted by atomic mass is 16.1. The minimum atomic E-state index is 0.0998. The normalized spacial score (nSPS) is 10.8. The van der Waals surface area contributed by atoms with Crippen LogP contribution in [0.15, 0.2) is 36.5 Å². The van der Waals surface area contributed by atoms with E-state index in [4.69, 9.17) is 5.73 Å². The lowest BCUT2D eigenvalue weighted by Crippen LogP contribution is -2.25. The molecule has 0 bridgehead atoms. The first-order valence-corrected chi connectivity index (χ1v) is 6.82. The van der Waals surface area contributed by atoms with Gasteiger partial charge in [0.1, 0.15) is 0 Å². The fourth-order valence-corrected chi connectivity index (χ4v) is 2.16. The second-order valence-corrected chi connectivity index (χ2v) is 4.66. The monoisotopic (exact) mass is 259 g/mol. The van der Waals surface area contributed by atoms with Crippen molar-refractivity contribution >= 4 is 16.8 Å². The molecule has 0 radical (unpaired) electrons. The molecule has 4 nitrogen and oxygen atoms in total. The van der Waals surface area contributed by atoms with Gasteiger partial charge >= 0.3 is 0 Å². The number of nitrogens with two attached hydrogens (primary N) is 1. The van der Waals surface area contributed by atoms with Crippen molar-refractivity contribution in [1.29, 1.82) is 0 Å². The fraction of sp³-hybridized carbons (Fsp3) is 0.400. The van der Waals surface area contributed by atoms with Crippen molar-refractivity contribution < 1.29 is 4.79 Å². The molecule has 1 aromatic heterocycles. The van der Waals surface area contributed by atoms with Crippen molar-refractivity contribution in [3.63, 3.8) is 0 Å². The van der Waals surface area contributed by atoms with Crippen molar-refractivity contribution in [3.05, 3.63) is 36.5 Å². The van der Waals surface area contributed by atoms with E-state index in [1.54, 1.807) is 0 Å². The Morgan fingerprint density at radius 1 is 1.21 bits per heavy atom. The number of amides is 1. The van der Waals surface area contributed by atoms with Crippen LogP contribution < -0.4 is 11.1 Å². The van der Waals surface area contributed by atoms with Crippen LogP contribution in [0, 0.1) is 0 Å². The number of carbonyl (C=O) groups is 1. The van der Waals surface area contributed by atoms with E-state index in [0.717, 1.165) is 25.9 Å². The number of para-hydroxylation sites is 1. The molecular weight excluding hydrogens is 238 g/mol. The van der Waals surface area contributed by atoms with Gasteiger partial charge in [0.25, 0.3) is 0 Å². The van der Waals surface area contributed by atoms with E-state index in [1.165, 1.54) is 10.9 Å². The topological polar surface area (TPSA) is 60.1 Å². The van der Waals surface area contributed by atoms with Crippen LogP contribution in [0.3, 0.4) is 0 Å². The van der Waals surface area contributed by atoms with E-state index in [1.807, 2.05) is 12.1 Å². The van der Waals surface area contributed by atoms with Crippen LogP contribution in [0.4, 0.5) is 0 Å². The number of nitrogens with zero attached hydrogens (tertiary/aromatic N) is 1. The Morgan fingerprint density at radius 2 is 2.05 bits per heavy atom. The van der Waals surface area contributed by atoms with Crippen LogP contribution in [0.5, 0.6) is 0 Å². The first-order valence-electron chi connectivity index (χ1n) is 6.82. The average molecular weight is 259 g/mol. The Morgan fingerprint density at radius 3 is 2.89 bits per heavy atom. The Bertz CT molecular complexity index is 533. The van der Waals surface area contributed by atoms with E-state index >= 15 is 0 Å². The Labute approximate surface area is 113 Å². The molecule has 1 heterocycles. The number of carbonyl (C=O) groups excluding carboxylic acids is 1. The van der Waals surface area contributed by atoms with Crippen LogP contribution in [0.2, 0.25) is 0 Å². The van der Waals surface area contributed by atoms with E-state index < -0.39 is 0 Å². The molecule has 3 N–H and O–H groups in total. The zero-order valence-electron chi connectivity index (χ0n) is 11.1. The van der Waals surface area contributed by atoms with Crippen LogP contribution in [-0.4, -0.2) is 23.6 Å². The summed E-state index contributed by atoms with van der Waals surface area (Å²) in [5.41, 5.74) is 6.61. The summed E-state index contributed by atoms with van der Waals surface area (Å²) in [5, 5.41) is 4.18. The minimum Gasteiger partial charge on any atom is -0.356 e. The largest absolute Gasteiger partial charge is 0.356 e. The lowest BCUT2D eigenvalue weighted by atomic mass is 10.2. The van der Waals surface area contributed by atoms with Gasteiger partial charge in [0.05, 0.1) is 0 Å². The molecule has 0 unspecified atom stereocenters. The molecule has 0 spiro atoms. The molecule has 102 valence electrons. The summed E-state index contributed by atoms with van der Waals surface area (Å²) >= 11 is 0. The zero-order valence-corrected chi connectivity index (χ0v) is 11.1. The second-order valence-electron chi connectivity index (χ2n) is 4.66. The molecule has 2 aromatic rings. The van der Waals surface area contributed by atoms with Gasteiger partial charge in [-0.15, -0.1) is 0 Å². The lowest BCUT2D eigenvalue weighted by molar-refractivity contribution is -0.121. The lowest BCUT2D eigenvalue weighted by Gasteiger charge is -2.07. The highest BCUT2D eigenvalue weighted by Crippen LogP contribution is 2.15. The number of aryl methyl sites for hydroxylation is 1. The molecule has 19 heavy (non-hydrogen) atoms. The predicted molar refractivity (Wildman–Crippen MR) is 77.9 cm³/mol. The smallest absolute Gasteiger partial charge is 0.220 e. The maximum Gasteiger partial charge on any atom is 0.220 e. The van der Waals surface area contributed by atoms with Crippen LogP contribution in [-0.2, 0) is 11.3 Å². The van der Waals surface area contributed by atoms with Crippen molar-refractivity contribution in [2.75, 3.05) is 13.1 Å². The summed E-state index contributed by atoms with van der Waals surface area (Å²) in [6.45, 7) is 2.21. The molecule has 0 fully saturated rings. The molecule has 1 aromatic carbocycles. The number of hydrogen-bond donors (Lipinski definition) is 2. The summed E-state index contributed by atoms with van der Waals surface area (Å²) < 4.78 is 2.22. The molecular formula is C15H21N3O. The third kappa shape index (κ3) is 3.83. The maximum absolute atomic E-state index is 11.4. The third-order valence-electron chi connectivity index (χ3n) is 3.19. The number of fused-ring (bicyclic) bond motifs is 1. The van der Waals surface area contributed by atoms with Crippen molar-refractivity contribution in [1.82, 2.24) is 9.88 Å². The molecule has 4 heteroatoms. The Balaban J connectivity index is 1.75. The first kappa shape index (κ1) is 13.6. The molecule has 0 aliphatic heterocycles. The number of nitrogens with one attached hydrogen (secondary N) is 1. The Hall–Kier alpha value is -1.81. The third-order valence-corrected chi connectivity index (χ3v) is 3.19. The van der Waals surface area contributed by atoms with Crippen molar-refractivity contribution in [3.8, 4) is 0 Å². The number of hydrogen-bond acceptors (Lipinski definition) is 2. The number of aromatic nitrogens is 1. The first-order chi connectivity index (χ1) is 9.31. The van der Waals surface area contributed by atoms with Gasteiger partial charge in [-0.3, -0.25) is 4.79 Å². The van der Waals surface area contributed by atoms with Gasteiger partial charge in [-0.1, -0.05) is 18.2 Å². The zero-order chi connectivity index (χ0) is 13.5. The molecule has 0 atom stereocenters. The van der Waals surface area contributed by atoms with Crippen LogP contribution in [0.1, 0.15) is 19.3 Å². The highest BCUT2D eigenvalue weighted by molar-refractivity contribution is 5.79. The van der Waals surface area contributed by atoms with Crippen LogP contribution in [0.25, 0.3) is 10.9 Å². The fourth-order valence-electron chi connectivity index (χ4n) is 2.16. The summed E-state index contributed by atoms with van der Waals surface area (Å²) in [4.78, 5) is 11.4. The predicted octanol–water partition coefficient (Wildman–Crippen LogP) is 1.89. The summed E-state index contributed by atoms with van der Waals surface area (Å²) in [6.07, 6.45) is 4.32. The van der Waals surface area contributed by atoms with E-state index in [2.05, 4.69) is 34.3 Å². The van der Waals surface area contributed by atoms with Gasteiger partial charge < -0.3 is 15.6 Å². The molecule has 2 rings (SSSR count). The van der Waals surface area contributed by atoms with Gasteiger partial charge in [-0.25, -0.2) is 0 Å². The van der Waals surface area contributed by atoms with Gasteiger partial charge in [0.15, 0.2) is 0 Å². The van der Waals surface area contributed by atoms with E-state index in [-0.39, 0.29) is 5.91 Å². The minimum absolute atomic E-state index is 0.0998. The summed E-state index contributed by atoms with van der Waals surface area (Å²) in [6, 6.07) is 10.4. The van der Waals surface area contributed by atoms with Gasteiger partial charge in [-0.05, 0) is 36.9 Å². The van der Waals surface area contributed by atoms with Gasteiger partial charge in [-0.2, -0.15) is 0 Å². The molecule has 0 aliphatic carbocycles. The van der Waals surface area contributed by atoms with Crippen molar-refractivity contribution in [2.45, 2.75) is 25.8 Å². The quantitative estimate of drug-likeness (QED) is 0.746. The highest BCUT2D eigenvalue weighted by Gasteiger charge is 2.01. The van der Waals surface area contributed by atoms with Gasteiger partial charge in [0.2, 0.25) is 5.91 Å². The molecule has 1 amide bonds. The summed E-state index contributed by atoms with van der Waals surface area (Å²) in [5.74, 6) is 0.0998. The molecule has 0 saturated carbocycles. The van der Waals surface area contributed by atoms with Gasteiger partial charge in [0, 0.05) is 31.2 Å². The molecule has 0 aliphatic rings. The molecule has 0 saturated heterocycles. The standard InChI is InChI=1S/C15H21N3O/c16-9-3-7-15(19)17-10-4-11-18-12-8-13-5-1-2-6-14(13)18/h1-2,5-6,8,12H,3-4,7,9-11,16H2,(H,17,19). The van der Waals surface area contributed by atoms with E-state index in [0.29, 0.717) is 13.0 Å². The maximum atomic E-state index is 11.4. The Kier molecular flexibility index (Phi) is 4.98. The second kappa shape index (κ2) is 6.95. The van der Waals surface area contributed by atoms with Crippen LogP contribution >= 0.6 is 0 Å². The van der Waals surface area contributed by atoms with E-state index in [9.17, 15) is 4.79 Å². The van der Waals surface area contributed by atoms with Crippen molar-refractivity contribution in [2.24, 2.45) is 5.73 Å². The SMILES string of the molecule is NCCCC(=O)NCCCn1ccc2ccccc21. The number of rotatable bonds is 7. The number of benzene rings is 1. The summed E-state index contributed by atoms with van der Waals surface area (Å²) in [7, 11) is 0.